The number of aromatic nitrogens is 2. The van der Waals surface area contributed by atoms with E-state index in [4.69, 9.17) is 0 Å². The van der Waals surface area contributed by atoms with Crippen molar-refractivity contribution < 1.29 is 0 Å². The quantitative estimate of drug-likeness (QED) is 0.324. The van der Waals surface area contributed by atoms with Gasteiger partial charge in [-0.1, -0.05) is 43.3 Å². The van der Waals surface area contributed by atoms with Crippen molar-refractivity contribution >= 4 is 21.8 Å². The first kappa shape index (κ1) is 22.9. The number of hydrogen-bond acceptors (Lipinski definition) is 2. The normalized spacial score (nSPS) is 21.1. The number of H-pyrrole nitrogens is 2. The highest BCUT2D eigenvalue weighted by atomic mass is 15.2. The molecule has 2 N–H and O–H groups in total. The molecule has 2 fully saturated rings. The standard InChI is InChI=1S/C31H40N4/c1-3-31(35-18-14-24(15-19-35)28-21-33-30-11-7-5-9-26(28)30)22(2)34-16-12-23(13-17-34)27-20-32-29-10-6-4-8-25(27)29/h4-11,20-24,31-33H,3,12-19H2,1-2H3. The lowest BCUT2D eigenvalue weighted by atomic mass is 9.86. The van der Waals surface area contributed by atoms with Crippen molar-refractivity contribution in [3.05, 3.63) is 72.1 Å². The fourth-order valence-corrected chi connectivity index (χ4v) is 7.17. The Morgan fingerprint density at radius 2 is 1.17 bits per heavy atom. The highest BCUT2D eigenvalue weighted by Crippen LogP contribution is 2.36. The van der Waals surface area contributed by atoms with E-state index in [0.717, 1.165) is 0 Å². The van der Waals surface area contributed by atoms with E-state index >= 15 is 0 Å². The van der Waals surface area contributed by atoms with E-state index < -0.39 is 0 Å². The molecule has 4 heterocycles. The number of piperidine rings is 2. The molecule has 2 saturated heterocycles. The minimum atomic E-state index is 0.619. The summed E-state index contributed by atoms with van der Waals surface area (Å²) in [6.45, 7) is 9.76. The van der Waals surface area contributed by atoms with Crippen LogP contribution in [0.15, 0.2) is 60.9 Å². The third-order valence-electron chi connectivity index (χ3n) is 9.20. The lowest BCUT2D eigenvalue weighted by molar-refractivity contribution is 0.0531. The second kappa shape index (κ2) is 9.83. The number of nitrogens with one attached hydrogen (secondary N) is 2. The van der Waals surface area contributed by atoms with Gasteiger partial charge in [-0.05, 0) is 100 Å². The molecular formula is C31H40N4. The molecule has 0 bridgehead atoms. The maximum absolute atomic E-state index is 3.49. The predicted octanol–water partition coefficient (Wildman–Crippen LogP) is 6.88. The fraction of sp³-hybridized carbons (Fsp3) is 0.484. The Hall–Kier alpha value is -2.56. The van der Waals surface area contributed by atoms with Crippen molar-refractivity contribution in [2.45, 2.75) is 69.9 Å². The molecule has 2 aromatic heterocycles. The van der Waals surface area contributed by atoms with Crippen LogP contribution in [0.2, 0.25) is 0 Å². The van der Waals surface area contributed by atoms with E-state index in [1.807, 2.05) is 0 Å². The summed E-state index contributed by atoms with van der Waals surface area (Å²) in [4.78, 5) is 12.6. The molecule has 0 saturated carbocycles. The van der Waals surface area contributed by atoms with Gasteiger partial charge in [0, 0.05) is 46.3 Å². The molecule has 6 rings (SSSR count). The van der Waals surface area contributed by atoms with E-state index in [-0.39, 0.29) is 0 Å². The highest BCUT2D eigenvalue weighted by Gasteiger charge is 2.33. The van der Waals surface area contributed by atoms with Gasteiger partial charge in [0.25, 0.3) is 0 Å². The Bertz CT molecular complexity index is 1250. The van der Waals surface area contributed by atoms with Gasteiger partial charge in [-0.2, -0.15) is 0 Å². The largest absolute Gasteiger partial charge is 0.361 e. The Morgan fingerprint density at radius 1 is 0.714 bits per heavy atom. The first-order valence-corrected chi connectivity index (χ1v) is 13.8. The van der Waals surface area contributed by atoms with Gasteiger partial charge in [-0.15, -0.1) is 0 Å². The van der Waals surface area contributed by atoms with Crippen molar-refractivity contribution in [2.24, 2.45) is 0 Å². The number of benzene rings is 2. The maximum Gasteiger partial charge on any atom is 0.0456 e. The summed E-state index contributed by atoms with van der Waals surface area (Å²) in [5.41, 5.74) is 5.61. The molecule has 2 unspecified atom stereocenters. The van der Waals surface area contributed by atoms with Gasteiger partial charge in [0.15, 0.2) is 0 Å². The van der Waals surface area contributed by atoms with E-state index in [1.54, 1.807) is 0 Å². The third-order valence-corrected chi connectivity index (χ3v) is 9.20. The first-order chi connectivity index (χ1) is 17.2. The summed E-state index contributed by atoms with van der Waals surface area (Å²) in [7, 11) is 0. The summed E-state index contributed by atoms with van der Waals surface area (Å²) in [5.74, 6) is 1.36. The van der Waals surface area contributed by atoms with Crippen LogP contribution in [0.25, 0.3) is 21.8 Å². The molecular weight excluding hydrogens is 428 g/mol. The van der Waals surface area contributed by atoms with Gasteiger partial charge in [0.05, 0.1) is 0 Å². The molecule has 0 amide bonds. The summed E-state index contributed by atoms with van der Waals surface area (Å²) >= 11 is 0. The van der Waals surface area contributed by atoms with Crippen LogP contribution in [0.4, 0.5) is 0 Å². The maximum atomic E-state index is 3.49. The number of rotatable bonds is 6. The fourth-order valence-electron chi connectivity index (χ4n) is 7.17. The summed E-state index contributed by atoms with van der Waals surface area (Å²) in [5, 5.41) is 2.84. The van der Waals surface area contributed by atoms with Gasteiger partial charge in [-0.25, -0.2) is 0 Å². The van der Waals surface area contributed by atoms with Crippen LogP contribution in [0.3, 0.4) is 0 Å². The van der Waals surface area contributed by atoms with Gasteiger partial charge in [0.2, 0.25) is 0 Å². The van der Waals surface area contributed by atoms with Crippen molar-refractivity contribution in [3.63, 3.8) is 0 Å². The van der Waals surface area contributed by atoms with Crippen LogP contribution in [0.1, 0.15) is 68.9 Å². The Labute approximate surface area is 209 Å². The Balaban J connectivity index is 1.07. The van der Waals surface area contributed by atoms with Crippen molar-refractivity contribution in [1.82, 2.24) is 19.8 Å². The van der Waals surface area contributed by atoms with Gasteiger partial charge >= 0.3 is 0 Å². The molecule has 4 aromatic rings. The Kier molecular flexibility index (Phi) is 6.42. The lowest BCUT2D eigenvalue weighted by Crippen LogP contribution is -2.53. The molecule has 184 valence electrons. The number of likely N-dealkylation sites (tertiary alicyclic amines) is 2. The molecule has 4 nitrogen and oxygen atoms in total. The molecule has 4 heteroatoms. The number of hydrogen-bond donors (Lipinski definition) is 2. The second-order valence-corrected chi connectivity index (χ2v) is 10.9. The van der Waals surface area contributed by atoms with Gasteiger partial charge < -0.3 is 9.97 Å². The van der Waals surface area contributed by atoms with Crippen LogP contribution in [0, 0.1) is 0 Å². The number of fused-ring (bicyclic) bond motifs is 2. The van der Waals surface area contributed by atoms with E-state index in [1.165, 1.54) is 91.2 Å². The van der Waals surface area contributed by atoms with E-state index in [0.29, 0.717) is 23.9 Å². The lowest BCUT2D eigenvalue weighted by Gasteiger charge is -2.45. The van der Waals surface area contributed by atoms with Crippen LogP contribution >= 0.6 is 0 Å². The summed E-state index contributed by atoms with van der Waals surface area (Å²) in [6, 6.07) is 18.8. The average molecular weight is 469 g/mol. The molecule has 2 aromatic carbocycles. The highest BCUT2D eigenvalue weighted by molar-refractivity contribution is 5.84. The molecule has 2 aliphatic rings. The van der Waals surface area contributed by atoms with Crippen LogP contribution < -0.4 is 0 Å². The molecule has 0 radical (unpaired) electrons. The number of nitrogens with zero attached hydrogens (tertiary/aromatic N) is 2. The van der Waals surface area contributed by atoms with Gasteiger partial charge in [0.1, 0.15) is 0 Å². The summed E-state index contributed by atoms with van der Waals surface area (Å²) < 4.78 is 0. The topological polar surface area (TPSA) is 38.1 Å². The molecule has 2 aliphatic heterocycles. The minimum Gasteiger partial charge on any atom is -0.361 e. The van der Waals surface area contributed by atoms with Crippen LogP contribution in [-0.4, -0.2) is 58.0 Å². The zero-order valence-electron chi connectivity index (χ0n) is 21.3. The van der Waals surface area contributed by atoms with Crippen molar-refractivity contribution in [3.8, 4) is 0 Å². The zero-order valence-corrected chi connectivity index (χ0v) is 21.3. The SMILES string of the molecule is CCC(C(C)N1CCC(c2c[nH]c3ccccc23)CC1)N1CCC(c2c[nH]c3ccccc23)CC1. The number of para-hydroxylation sites is 2. The van der Waals surface area contributed by atoms with E-state index in [2.05, 4.69) is 94.5 Å². The smallest absolute Gasteiger partial charge is 0.0456 e. The first-order valence-electron chi connectivity index (χ1n) is 13.8. The minimum absolute atomic E-state index is 0.619. The molecule has 0 spiro atoms. The third kappa shape index (κ3) is 4.32. The number of aromatic amines is 2. The van der Waals surface area contributed by atoms with E-state index in [9.17, 15) is 0 Å². The van der Waals surface area contributed by atoms with Crippen molar-refractivity contribution in [1.29, 1.82) is 0 Å². The Morgan fingerprint density at radius 3 is 1.66 bits per heavy atom. The summed E-state index contributed by atoms with van der Waals surface area (Å²) in [6.07, 6.45) is 10.9. The monoisotopic (exact) mass is 468 g/mol. The molecule has 0 aliphatic carbocycles. The zero-order chi connectivity index (χ0) is 23.8. The van der Waals surface area contributed by atoms with Crippen LogP contribution in [0.5, 0.6) is 0 Å². The predicted molar refractivity (Wildman–Crippen MR) is 147 cm³/mol. The average Bonchev–Trinajstić information content (AvgIpc) is 3.54. The second-order valence-electron chi connectivity index (χ2n) is 10.9. The van der Waals surface area contributed by atoms with Crippen molar-refractivity contribution in [2.75, 3.05) is 26.2 Å². The van der Waals surface area contributed by atoms with Gasteiger partial charge in [-0.3, -0.25) is 9.80 Å². The molecule has 35 heavy (non-hydrogen) atoms. The van der Waals surface area contributed by atoms with Crippen LogP contribution in [-0.2, 0) is 0 Å². The molecule has 2 atom stereocenters.